The molecule has 0 unspecified atom stereocenters. The molecule has 7 nitrogen and oxygen atoms in total. The number of hydrogen-bond donors (Lipinski definition) is 6. The van der Waals surface area contributed by atoms with Crippen LogP contribution in [0.1, 0.15) is 0 Å². The average Bonchev–Trinajstić information content (AvgIpc) is 2.57. The molecule has 1 heterocycles. The molecule has 2 rings (SSSR count). The number of rotatable bonds is 2. The van der Waals surface area contributed by atoms with Crippen molar-refractivity contribution in [2.45, 2.75) is 4.90 Å². The lowest BCUT2D eigenvalue weighted by Gasteiger charge is -2.33. The molecule has 0 saturated carbocycles. The van der Waals surface area contributed by atoms with Crippen molar-refractivity contribution in [3.05, 3.63) is 34.4 Å². The van der Waals surface area contributed by atoms with Crippen LogP contribution in [0.2, 0.25) is 0 Å². The fourth-order valence-corrected chi connectivity index (χ4v) is 5.70. The van der Waals surface area contributed by atoms with Crippen LogP contribution in [0, 0.1) is 0 Å². The van der Waals surface area contributed by atoms with Gasteiger partial charge in [-0.1, -0.05) is 6.08 Å². The molecule has 10 heteroatoms. The van der Waals surface area contributed by atoms with E-state index in [4.69, 9.17) is 0 Å². The Morgan fingerprint density at radius 1 is 1.22 bits per heavy atom. The van der Waals surface area contributed by atoms with Gasteiger partial charge in [0.25, 0.3) is 0 Å². The third kappa shape index (κ3) is 1.77. The lowest BCUT2D eigenvalue weighted by molar-refractivity contribution is 0.331. The molecule has 100 valence electrons. The Morgan fingerprint density at radius 2 is 1.78 bits per heavy atom. The van der Waals surface area contributed by atoms with E-state index in [9.17, 15) is 28.7 Å². The molecular formula is C8H11NO6P2S. The van der Waals surface area contributed by atoms with Gasteiger partial charge in [0, 0.05) is 23.2 Å². The second kappa shape index (κ2) is 4.08. The minimum Gasteiger partial charge on any atom is -0.386 e. The third-order valence-corrected chi connectivity index (χ3v) is 7.32. The Kier molecular flexibility index (Phi) is 3.19. The van der Waals surface area contributed by atoms with E-state index in [0.29, 0.717) is 5.57 Å². The summed E-state index contributed by atoms with van der Waals surface area (Å²) in [6.45, 7) is 0.234. The standard InChI is InChI=1S/C8H11NO6P2S/c10-16(11,12)8(17(13,14)15)2-1-5-3-9-4-6(18)7(5)8/h1-2,4,9,18H,3H2,(H2,10,11,12)(H2,13,14,15). The topological polar surface area (TPSA) is 127 Å². The van der Waals surface area contributed by atoms with E-state index < -0.39 is 20.1 Å². The predicted octanol–water partition coefficient (Wildman–Crippen LogP) is 0.279. The van der Waals surface area contributed by atoms with Crippen molar-refractivity contribution in [3.8, 4) is 0 Å². The van der Waals surface area contributed by atoms with Gasteiger partial charge in [-0.05, 0) is 11.6 Å². The number of dihydropyridines is 1. The summed E-state index contributed by atoms with van der Waals surface area (Å²) in [5.41, 5.74) is 0.306. The second-order valence-corrected chi connectivity index (χ2v) is 8.38. The monoisotopic (exact) mass is 311 g/mol. The van der Waals surface area contributed by atoms with Gasteiger partial charge in [-0.2, -0.15) is 0 Å². The fourth-order valence-electron chi connectivity index (χ4n) is 2.11. The Hall–Kier alpha value is -0.330. The summed E-state index contributed by atoms with van der Waals surface area (Å²) in [4.78, 5) is 35.1. The lowest BCUT2D eigenvalue weighted by atomic mass is 10.1. The van der Waals surface area contributed by atoms with Crippen LogP contribution in [0.4, 0.5) is 0 Å². The van der Waals surface area contributed by atoms with Gasteiger partial charge in [-0.15, -0.1) is 12.6 Å². The van der Waals surface area contributed by atoms with E-state index in [2.05, 4.69) is 17.9 Å². The van der Waals surface area contributed by atoms with Gasteiger partial charge in [0.05, 0.1) is 0 Å². The Balaban J connectivity index is 2.78. The van der Waals surface area contributed by atoms with Crippen LogP contribution in [0.3, 0.4) is 0 Å². The zero-order valence-electron chi connectivity index (χ0n) is 8.89. The first kappa shape index (κ1) is 14.1. The molecule has 0 aromatic heterocycles. The summed E-state index contributed by atoms with van der Waals surface area (Å²) in [6.07, 6.45) is 3.55. The van der Waals surface area contributed by atoms with Gasteiger partial charge in [-0.3, -0.25) is 9.13 Å². The van der Waals surface area contributed by atoms with Crippen molar-refractivity contribution >= 4 is 27.8 Å². The van der Waals surface area contributed by atoms with E-state index in [1.54, 1.807) is 0 Å². The first-order valence-corrected chi connectivity index (χ1v) is 8.45. The Bertz CT molecular complexity index is 560. The molecule has 1 aliphatic carbocycles. The summed E-state index contributed by atoms with van der Waals surface area (Å²) in [6, 6.07) is 0. The van der Waals surface area contributed by atoms with Crippen molar-refractivity contribution < 1.29 is 28.7 Å². The number of allylic oxidation sites excluding steroid dienone is 2. The average molecular weight is 311 g/mol. The molecule has 0 bridgehead atoms. The largest absolute Gasteiger partial charge is 0.386 e. The maximum atomic E-state index is 11.6. The molecule has 0 spiro atoms. The quantitative estimate of drug-likeness (QED) is 0.319. The molecule has 18 heavy (non-hydrogen) atoms. The number of nitrogens with one attached hydrogen (secondary N) is 1. The maximum Gasteiger partial charge on any atom is 0.352 e. The minimum atomic E-state index is -5.12. The molecule has 2 aliphatic rings. The van der Waals surface area contributed by atoms with Crippen LogP contribution in [-0.4, -0.2) is 31.0 Å². The van der Waals surface area contributed by atoms with Gasteiger partial charge in [0.15, 0.2) is 0 Å². The molecule has 0 radical (unpaired) electrons. The summed E-state index contributed by atoms with van der Waals surface area (Å²) in [7, 11) is -10.2. The fraction of sp³-hybridized carbons (Fsp3) is 0.250. The van der Waals surface area contributed by atoms with Crippen LogP contribution in [0.15, 0.2) is 34.4 Å². The Labute approximate surface area is 108 Å². The molecule has 0 amide bonds. The molecule has 0 aromatic carbocycles. The maximum absolute atomic E-state index is 11.6. The van der Waals surface area contributed by atoms with Crippen molar-refractivity contribution in [3.63, 3.8) is 0 Å². The zero-order valence-corrected chi connectivity index (χ0v) is 11.6. The SMILES string of the molecule is O=P(O)(O)C1(P(=O)(O)O)C=CC2=C1C(S)=CNC2. The molecule has 5 N–H and O–H groups in total. The van der Waals surface area contributed by atoms with E-state index in [1.165, 1.54) is 12.3 Å². The Morgan fingerprint density at radius 3 is 2.28 bits per heavy atom. The van der Waals surface area contributed by atoms with E-state index in [1.807, 2.05) is 0 Å². The predicted molar refractivity (Wildman–Crippen MR) is 68.1 cm³/mol. The number of thiol groups is 1. The highest BCUT2D eigenvalue weighted by Crippen LogP contribution is 2.75. The van der Waals surface area contributed by atoms with Crippen LogP contribution >= 0.6 is 27.8 Å². The first-order chi connectivity index (χ1) is 8.11. The smallest absolute Gasteiger partial charge is 0.352 e. The normalized spacial score (nSPS) is 22.6. The van der Waals surface area contributed by atoms with Crippen molar-refractivity contribution in [1.29, 1.82) is 0 Å². The summed E-state index contributed by atoms with van der Waals surface area (Å²) < 4.78 is 23.3. The van der Waals surface area contributed by atoms with Crippen molar-refractivity contribution in [2.75, 3.05) is 6.54 Å². The third-order valence-electron chi connectivity index (χ3n) is 2.88. The molecule has 0 fully saturated rings. The van der Waals surface area contributed by atoms with Crippen LogP contribution < -0.4 is 5.32 Å². The van der Waals surface area contributed by atoms with Crippen molar-refractivity contribution in [2.24, 2.45) is 0 Å². The molecule has 0 atom stereocenters. The van der Waals surface area contributed by atoms with E-state index in [0.717, 1.165) is 6.08 Å². The molecular weight excluding hydrogens is 300 g/mol. The highest BCUT2D eigenvalue weighted by molar-refractivity contribution is 7.85. The van der Waals surface area contributed by atoms with E-state index in [-0.39, 0.29) is 17.0 Å². The van der Waals surface area contributed by atoms with Crippen LogP contribution in [-0.2, 0) is 9.13 Å². The van der Waals surface area contributed by atoms with Crippen molar-refractivity contribution in [1.82, 2.24) is 5.32 Å². The molecule has 1 aliphatic heterocycles. The first-order valence-electron chi connectivity index (χ1n) is 4.78. The second-order valence-electron chi connectivity index (χ2n) is 3.96. The molecule has 0 saturated heterocycles. The highest BCUT2D eigenvalue weighted by Gasteiger charge is 2.63. The highest BCUT2D eigenvalue weighted by atomic mass is 32.1. The lowest BCUT2D eigenvalue weighted by Crippen LogP contribution is -2.30. The molecule has 0 aromatic rings. The van der Waals surface area contributed by atoms with E-state index >= 15 is 0 Å². The summed E-state index contributed by atoms with van der Waals surface area (Å²) >= 11 is 4.03. The van der Waals surface area contributed by atoms with Crippen LogP contribution in [0.25, 0.3) is 0 Å². The zero-order chi connectivity index (χ0) is 13.8. The van der Waals surface area contributed by atoms with Gasteiger partial charge < -0.3 is 24.9 Å². The van der Waals surface area contributed by atoms with Gasteiger partial charge in [0.2, 0.25) is 4.90 Å². The van der Waals surface area contributed by atoms with Gasteiger partial charge >= 0.3 is 15.2 Å². The van der Waals surface area contributed by atoms with Crippen LogP contribution in [0.5, 0.6) is 0 Å². The van der Waals surface area contributed by atoms with Gasteiger partial charge in [0.1, 0.15) is 0 Å². The number of hydrogen-bond acceptors (Lipinski definition) is 4. The minimum absolute atomic E-state index is 0.105. The summed E-state index contributed by atoms with van der Waals surface area (Å²) in [5.74, 6) is 0. The summed E-state index contributed by atoms with van der Waals surface area (Å²) in [5, 5.41) is 2.79. The van der Waals surface area contributed by atoms with Gasteiger partial charge in [-0.25, -0.2) is 0 Å².